The second-order valence-corrected chi connectivity index (χ2v) is 7.63. The van der Waals surface area contributed by atoms with Gasteiger partial charge < -0.3 is 14.4 Å². The van der Waals surface area contributed by atoms with Crippen molar-refractivity contribution in [1.82, 2.24) is 4.90 Å². The van der Waals surface area contributed by atoms with E-state index < -0.39 is 0 Å². The molecule has 6 heteroatoms. The minimum Gasteiger partial charge on any atom is -0.497 e. The Labute approximate surface area is 176 Å². The molecule has 0 aromatic heterocycles. The van der Waals surface area contributed by atoms with E-state index in [0.717, 1.165) is 30.8 Å². The summed E-state index contributed by atoms with van der Waals surface area (Å²) in [6.07, 6.45) is 2.35. The van der Waals surface area contributed by atoms with Crippen LogP contribution in [0.25, 0.3) is 0 Å². The molecule has 1 aliphatic heterocycles. The van der Waals surface area contributed by atoms with E-state index in [-0.39, 0.29) is 30.6 Å². The minimum absolute atomic E-state index is 0.0503. The third-order valence-electron chi connectivity index (χ3n) is 5.04. The molecular weight excluding hydrogens is 390 g/mol. The first kappa shape index (κ1) is 21.3. The van der Waals surface area contributed by atoms with Crippen LogP contribution < -0.4 is 4.74 Å². The van der Waals surface area contributed by atoms with Crippen LogP contribution in [0.5, 0.6) is 5.75 Å². The zero-order valence-corrected chi connectivity index (χ0v) is 17.4. The summed E-state index contributed by atoms with van der Waals surface area (Å²) in [5.41, 5.74) is 1.56. The van der Waals surface area contributed by atoms with E-state index in [2.05, 4.69) is 0 Å². The van der Waals surface area contributed by atoms with Gasteiger partial charge in [-0.15, -0.1) is 0 Å². The minimum atomic E-state index is -0.0616. The van der Waals surface area contributed by atoms with Crippen LogP contribution in [0.4, 0.5) is 0 Å². The van der Waals surface area contributed by atoms with Crippen LogP contribution in [0.1, 0.15) is 41.6 Å². The number of nitrogens with zero attached hydrogens (tertiary/aromatic N) is 1. The molecule has 0 spiro atoms. The van der Waals surface area contributed by atoms with Crippen molar-refractivity contribution in [3.8, 4) is 5.75 Å². The van der Waals surface area contributed by atoms with E-state index in [4.69, 9.17) is 21.1 Å². The standard InChI is InChI=1S/C23H26ClNO4/c1-28-20-5-2-4-17(14-20)15-25(16-21-6-3-13-29-21)23(27)12-11-22(26)18-7-9-19(24)10-8-18/h2,4-5,7-10,14,21H,3,6,11-13,15-16H2,1H3. The Bertz CT molecular complexity index is 831. The number of carbonyl (C=O) groups is 2. The van der Waals surface area contributed by atoms with Crippen LogP contribution in [-0.2, 0) is 16.1 Å². The third kappa shape index (κ3) is 6.31. The number of rotatable bonds is 9. The molecule has 2 aromatic rings. The molecule has 3 rings (SSSR count). The van der Waals surface area contributed by atoms with Gasteiger partial charge in [-0.3, -0.25) is 9.59 Å². The number of benzene rings is 2. The van der Waals surface area contributed by atoms with Crippen molar-refractivity contribution < 1.29 is 19.1 Å². The lowest BCUT2D eigenvalue weighted by atomic mass is 10.1. The van der Waals surface area contributed by atoms with E-state index in [1.807, 2.05) is 24.3 Å². The highest BCUT2D eigenvalue weighted by Gasteiger charge is 2.23. The molecule has 1 unspecified atom stereocenters. The van der Waals surface area contributed by atoms with E-state index in [1.165, 1.54) is 0 Å². The van der Waals surface area contributed by atoms with Gasteiger partial charge in [0.1, 0.15) is 5.75 Å². The SMILES string of the molecule is COc1cccc(CN(CC2CCCO2)C(=O)CCC(=O)c2ccc(Cl)cc2)c1. The lowest BCUT2D eigenvalue weighted by Gasteiger charge is -2.26. The molecular formula is C23H26ClNO4. The van der Waals surface area contributed by atoms with Gasteiger partial charge in [0.2, 0.25) is 5.91 Å². The number of hydrogen-bond donors (Lipinski definition) is 0. The van der Waals surface area contributed by atoms with Crippen LogP contribution >= 0.6 is 11.6 Å². The summed E-state index contributed by atoms with van der Waals surface area (Å²) >= 11 is 5.87. The van der Waals surface area contributed by atoms with Gasteiger partial charge in [0.05, 0.1) is 13.2 Å². The molecule has 1 heterocycles. The predicted octanol–water partition coefficient (Wildman–Crippen LogP) is 4.52. The average Bonchev–Trinajstić information content (AvgIpc) is 3.25. The largest absolute Gasteiger partial charge is 0.497 e. The molecule has 2 aromatic carbocycles. The number of methoxy groups -OCH3 is 1. The predicted molar refractivity (Wildman–Crippen MR) is 112 cm³/mol. The molecule has 1 amide bonds. The maximum atomic E-state index is 12.9. The third-order valence-corrected chi connectivity index (χ3v) is 5.29. The number of ether oxygens (including phenoxy) is 2. The number of halogens is 1. The van der Waals surface area contributed by atoms with E-state index in [1.54, 1.807) is 36.3 Å². The van der Waals surface area contributed by atoms with Crippen LogP contribution in [0, 0.1) is 0 Å². The fourth-order valence-electron chi connectivity index (χ4n) is 3.44. The highest BCUT2D eigenvalue weighted by Crippen LogP contribution is 2.19. The first-order chi connectivity index (χ1) is 14.0. The maximum Gasteiger partial charge on any atom is 0.223 e. The Balaban J connectivity index is 1.64. The van der Waals surface area contributed by atoms with Crippen molar-refractivity contribution in [3.05, 3.63) is 64.7 Å². The van der Waals surface area contributed by atoms with Crippen molar-refractivity contribution in [2.75, 3.05) is 20.3 Å². The van der Waals surface area contributed by atoms with E-state index in [9.17, 15) is 9.59 Å². The summed E-state index contributed by atoms with van der Waals surface area (Å²) in [6.45, 7) is 1.73. The fourth-order valence-corrected chi connectivity index (χ4v) is 3.56. The lowest BCUT2D eigenvalue weighted by molar-refractivity contribution is -0.133. The van der Waals surface area contributed by atoms with Gasteiger partial charge in [0.15, 0.2) is 5.78 Å². The van der Waals surface area contributed by atoms with Crippen molar-refractivity contribution in [1.29, 1.82) is 0 Å². The van der Waals surface area contributed by atoms with Gasteiger partial charge in [0, 0.05) is 43.1 Å². The lowest BCUT2D eigenvalue weighted by Crippen LogP contribution is -2.37. The molecule has 29 heavy (non-hydrogen) atoms. The van der Waals surface area contributed by atoms with Gasteiger partial charge >= 0.3 is 0 Å². The van der Waals surface area contributed by atoms with Crippen molar-refractivity contribution in [2.24, 2.45) is 0 Å². The van der Waals surface area contributed by atoms with Crippen LogP contribution in [-0.4, -0.2) is 43.0 Å². The van der Waals surface area contributed by atoms with Crippen molar-refractivity contribution in [2.45, 2.75) is 38.3 Å². The first-order valence-corrected chi connectivity index (χ1v) is 10.2. The Hall–Kier alpha value is -2.37. The van der Waals surface area contributed by atoms with Crippen molar-refractivity contribution in [3.63, 3.8) is 0 Å². The number of carbonyl (C=O) groups excluding carboxylic acids is 2. The molecule has 0 aliphatic carbocycles. The molecule has 1 saturated heterocycles. The summed E-state index contributed by atoms with van der Waals surface area (Å²) in [4.78, 5) is 27.2. The number of amides is 1. The van der Waals surface area contributed by atoms with Gasteiger partial charge in [-0.2, -0.15) is 0 Å². The Morgan fingerprint density at radius 2 is 1.97 bits per heavy atom. The summed E-state index contributed by atoms with van der Waals surface area (Å²) in [6, 6.07) is 14.4. The fraction of sp³-hybridized carbons (Fsp3) is 0.391. The average molecular weight is 416 g/mol. The molecule has 0 bridgehead atoms. The second kappa shape index (κ2) is 10.4. The topological polar surface area (TPSA) is 55.8 Å². The van der Waals surface area contributed by atoms with Crippen LogP contribution in [0.2, 0.25) is 5.02 Å². The zero-order valence-electron chi connectivity index (χ0n) is 16.6. The van der Waals surface area contributed by atoms with Crippen molar-refractivity contribution >= 4 is 23.3 Å². The summed E-state index contributed by atoms with van der Waals surface area (Å²) in [7, 11) is 1.62. The molecule has 0 saturated carbocycles. The molecule has 5 nitrogen and oxygen atoms in total. The van der Waals surface area contributed by atoms with Gasteiger partial charge in [-0.1, -0.05) is 23.7 Å². The summed E-state index contributed by atoms with van der Waals surface area (Å²) < 4.78 is 11.0. The molecule has 0 radical (unpaired) electrons. The quantitative estimate of drug-likeness (QED) is 0.565. The van der Waals surface area contributed by atoms with Gasteiger partial charge in [0.25, 0.3) is 0 Å². The molecule has 1 fully saturated rings. The maximum absolute atomic E-state index is 12.9. The smallest absolute Gasteiger partial charge is 0.223 e. The van der Waals surface area contributed by atoms with Gasteiger partial charge in [-0.25, -0.2) is 0 Å². The molecule has 154 valence electrons. The van der Waals surface area contributed by atoms with E-state index >= 15 is 0 Å². The number of ketones is 1. The highest BCUT2D eigenvalue weighted by atomic mass is 35.5. The Morgan fingerprint density at radius 3 is 2.66 bits per heavy atom. The monoisotopic (exact) mass is 415 g/mol. The van der Waals surface area contributed by atoms with E-state index in [0.29, 0.717) is 23.7 Å². The van der Waals surface area contributed by atoms with Crippen LogP contribution in [0.3, 0.4) is 0 Å². The summed E-state index contributed by atoms with van der Waals surface area (Å²) in [5.74, 6) is 0.643. The second-order valence-electron chi connectivity index (χ2n) is 7.19. The molecule has 1 atom stereocenters. The number of Topliss-reactive ketones (excluding diaryl/α,β-unsaturated/α-hetero) is 1. The number of hydrogen-bond acceptors (Lipinski definition) is 4. The summed E-state index contributed by atoms with van der Waals surface area (Å²) in [5, 5.41) is 0.582. The Morgan fingerprint density at radius 1 is 1.17 bits per heavy atom. The molecule has 1 aliphatic rings. The highest BCUT2D eigenvalue weighted by molar-refractivity contribution is 6.30. The Kier molecular flexibility index (Phi) is 7.67. The van der Waals surface area contributed by atoms with Crippen LogP contribution in [0.15, 0.2) is 48.5 Å². The molecule has 0 N–H and O–H groups in total. The normalized spacial score (nSPS) is 15.9. The zero-order chi connectivity index (χ0) is 20.6. The van der Waals surface area contributed by atoms with Gasteiger partial charge in [-0.05, 0) is 54.8 Å². The first-order valence-electron chi connectivity index (χ1n) is 9.86.